The number of hydrogen-bond acceptors (Lipinski definition) is 3. The number of sulfonamides is 1. The molecule has 1 aliphatic heterocycles. The van der Waals surface area contributed by atoms with Crippen molar-refractivity contribution in [2.45, 2.75) is 44.4 Å². The number of nitrogen functional groups attached to an aromatic ring is 1. The van der Waals surface area contributed by atoms with Gasteiger partial charge >= 0.3 is 0 Å². The van der Waals surface area contributed by atoms with Gasteiger partial charge in [0.2, 0.25) is 10.0 Å². The monoisotopic (exact) mass is 374 g/mol. The number of hydrogen-bond donors (Lipinski definition) is 1. The van der Waals surface area contributed by atoms with E-state index >= 15 is 0 Å². The van der Waals surface area contributed by atoms with Crippen LogP contribution < -0.4 is 5.73 Å². The summed E-state index contributed by atoms with van der Waals surface area (Å²) in [7, 11) is -3.50. The Bertz CT molecular complexity index is 602. The van der Waals surface area contributed by atoms with Gasteiger partial charge in [-0.1, -0.05) is 42.6 Å². The minimum absolute atomic E-state index is 0.206. The van der Waals surface area contributed by atoms with Gasteiger partial charge in [0.25, 0.3) is 0 Å². The summed E-state index contributed by atoms with van der Waals surface area (Å²) in [6.45, 7) is 5.55. The molecule has 0 aliphatic carbocycles. The summed E-state index contributed by atoms with van der Waals surface area (Å²) in [4.78, 5) is 0.206. The quantitative estimate of drug-likeness (QED) is 0.818. The maximum Gasteiger partial charge on any atom is 0.245 e. The second-order valence-corrected chi connectivity index (χ2v) is 8.62. The molecule has 4 nitrogen and oxygen atoms in total. The number of benzene rings is 1. The lowest BCUT2D eigenvalue weighted by atomic mass is 9.75. The van der Waals surface area contributed by atoms with Gasteiger partial charge in [-0.2, -0.15) is 4.31 Å². The van der Waals surface area contributed by atoms with Gasteiger partial charge in [-0.15, -0.1) is 0 Å². The molecule has 0 bridgehead atoms. The van der Waals surface area contributed by atoms with Crippen molar-refractivity contribution < 1.29 is 8.42 Å². The van der Waals surface area contributed by atoms with Crippen LogP contribution in [0.3, 0.4) is 0 Å². The van der Waals surface area contributed by atoms with Crippen LogP contribution in [0.15, 0.2) is 27.6 Å². The third kappa shape index (κ3) is 3.27. The number of nitrogens with two attached hydrogens (primary N) is 1. The fraction of sp³-hybridized carbons (Fsp3) is 0.600. The second kappa shape index (κ2) is 6.26. The van der Waals surface area contributed by atoms with Crippen LogP contribution in [0.2, 0.25) is 0 Å². The smallest absolute Gasteiger partial charge is 0.245 e. The zero-order valence-electron chi connectivity index (χ0n) is 12.6. The van der Waals surface area contributed by atoms with Gasteiger partial charge in [0, 0.05) is 17.6 Å². The molecule has 1 aromatic carbocycles. The van der Waals surface area contributed by atoms with E-state index in [-0.39, 0.29) is 4.90 Å². The predicted octanol–water partition coefficient (Wildman–Crippen LogP) is 3.62. The molecule has 0 unspecified atom stereocenters. The molecule has 0 saturated carbocycles. The Balaban J connectivity index is 2.24. The zero-order valence-corrected chi connectivity index (χ0v) is 15.0. The van der Waals surface area contributed by atoms with E-state index in [1.54, 1.807) is 22.5 Å². The molecule has 1 fully saturated rings. The van der Waals surface area contributed by atoms with Crippen LogP contribution in [0.5, 0.6) is 0 Å². The maximum atomic E-state index is 12.8. The SMILES string of the molecule is CCC1(CC)CCN(S(=O)(=O)c2cc(Br)ccc2N)CC1. The topological polar surface area (TPSA) is 63.4 Å². The molecule has 118 valence electrons. The van der Waals surface area contributed by atoms with Crippen molar-refractivity contribution in [1.29, 1.82) is 0 Å². The Morgan fingerprint density at radius 2 is 1.81 bits per heavy atom. The molecule has 1 heterocycles. The maximum absolute atomic E-state index is 12.8. The molecule has 0 amide bonds. The van der Waals surface area contributed by atoms with E-state index < -0.39 is 10.0 Å². The van der Waals surface area contributed by atoms with E-state index in [4.69, 9.17) is 5.73 Å². The van der Waals surface area contributed by atoms with Crippen molar-refractivity contribution in [3.8, 4) is 0 Å². The summed E-state index contributed by atoms with van der Waals surface area (Å²) in [6, 6.07) is 4.97. The number of piperidine rings is 1. The van der Waals surface area contributed by atoms with E-state index in [2.05, 4.69) is 29.8 Å². The fourth-order valence-corrected chi connectivity index (χ4v) is 5.12. The first kappa shape index (κ1) is 16.8. The molecule has 0 aromatic heterocycles. The van der Waals surface area contributed by atoms with Crippen LogP contribution >= 0.6 is 15.9 Å². The van der Waals surface area contributed by atoms with Gasteiger partial charge in [-0.3, -0.25) is 0 Å². The molecule has 1 aromatic rings. The van der Waals surface area contributed by atoms with Crippen LogP contribution in [0, 0.1) is 5.41 Å². The highest BCUT2D eigenvalue weighted by Crippen LogP contribution is 2.39. The average Bonchev–Trinajstić information content (AvgIpc) is 2.49. The standard InChI is InChI=1S/C15H23BrN2O2S/c1-3-15(4-2)7-9-18(10-8-15)21(19,20)14-11-12(16)5-6-13(14)17/h5-6,11H,3-4,7-10,17H2,1-2H3. The van der Waals surface area contributed by atoms with Gasteiger partial charge in [0.05, 0.1) is 5.69 Å². The number of anilines is 1. The third-order valence-electron chi connectivity index (χ3n) is 4.88. The first-order valence-electron chi connectivity index (χ1n) is 7.40. The summed E-state index contributed by atoms with van der Waals surface area (Å²) in [5.74, 6) is 0. The van der Waals surface area contributed by atoms with Crippen LogP contribution in [0.1, 0.15) is 39.5 Å². The van der Waals surface area contributed by atoms with E-state index in [9.17, 15) is 8.42 Å². The molecule has 0 spiro atoms. The van der Waals surface area contributed by atoms with E-state index in [0.29, 0.717) is 24.2 Å². The van der Waals surface area contributed by atoms with Crippen molar-refractivity contribution in [1.82, 2.24) is 4.31 Å². The van der Waals surface area contributed by atoms with Crippen molar-refractivity contribution in [3.05, 3.63) is 22.7 Å². The number of rotatable bonds is 4. The van der Waals surface area contributed by atoms with E-state index in [0.717, 1.165) is 30.2 Å². The lowest BCUT2D eigenvalue weighted by Crippen LogP contribution is -2.42. The summed E-state index contributed by atoms with van der Waals surface area (Å²) < 4.78 is 27.8. The third-order valence-corrected chi connectivity index (χ3v) is 7.32. The average molecular weight is 375 g/mol. The van der Waals surface area contributed by atoms with Crippen molar-refractivity contribution in [2.75, 3.05) is 18.8 Å². The van der Waals surface area contributed by atoms with Gasteiger partial charge < -0.3 is 5.73 Å². The van der Waals surface area contributed by atoms with E-state index in [1.807, 2.05) is 0 Å². The molecule has 1 aliphatic rings. The molecule has 2 N–H and O–H groups in total. The lowest BCUT2D eigenvalue weighted by Gasteiger charge is -2.40. The van der Waals surface area contributed by atoms with Crippen molar-refractivity contribution in [3.63, 3.8) is 0 Å². The summed E-state index contributed by atoms with van der Waals surface area (Å²) in [5.41, 5.74) is 6.47. The minimum atomic E-state index is -3.50. The zero-order chi connectivity index (χ0) is 15.7. The van der Waals surface area contributed by atoms with Gasteiger partial charge in [0.15, 0.2) is 0 Å². The molecule has 0 atom stereocenters. The first-order chi connectivity index (χ1) is 9.84. The predicted molar refractivity (Wildman–Crippen MR) is 89.6 cm³/mol. The van der Waals surface area contributed by atoms with E-state index in [1.165, 1.54) is 0 Å². The lowest BCUT2D eigenvalue weighted by molar-refractivity contribution is 0.141. The molecule has 2 rings (SSSR count). The largest absolute Gasteiger partial charge is 0.398 e. The molecule has 21 heavy (non-hydrogen) atoms. The van der Waals surface area contributed by atoms with Crippen molar-refractivity contribution >= 4 is 31.6 Å². The molecule has 1 saturated heterocycles. The number of nitrogens with zero attached hydrogens (tertiary/aromatic N) is 1. The van der Waals surface area contributed by atoms with Crippen LogP contribution in [0.25, 0.3) is 0 Å². The molecular formula is C15H23BrN2O2S. The highest BCUT2D eigenvalue weighted by Gasteiger charge is 2.36. The van der Waals surface area contributed by atoms with Gasteiger partial charge in [-0.25, -0.2) is 8.42 Å². The van der Waals surface area contributed by atoms with Crippen LogP contribution in [-0.4, -0.2) is 25.8 Å². The van der Waals surface area contributed by atoms with Gasteiger partial charge in [-0.05, 0) is 36.5 Å². The molecule has 6 heteroatoms. The fourth-order valence-electron chi connectivity index (χ4n) is 3.03. The Hall–Kier alpha value is -0.590. The van der Waals surface area contributed by atoms with Gasteiger partial charge in [0.1, 0.15) is 4.90 Å². The summed E-state index contributed by atoms with van der Waals surface area (Å²) >= 11 is 3.31. The normalized spacial score (nSPS) is 19.6. The highest BCUT2D eigenvalue weighted by molar-refractivity contribution is 9.10. The first-order valence-corrected chi connectivity index (χ1v) is 9.63. The summed E-state index contributed by atoms with van der Waals surface area (Å²) in [6.07, 6.45) is 4.06. The Kier molecular flexibility index (Phi) is 5.00. The second-order valence-electron chi connectivity index (χ2n) is 5.79. The minimum Gasteiger partial charge on any atom is -0.398 e. The summed E-state index contributed by atoms with van der Waals surface area (Å²) in [5, 5.41) is 0. The van der Waals surface area contributed by atoms with Crippen LogP contribution in [0.4, 0.5) is 5.69 Å². The Morgan fingerprint density at radius 1 is 1.24 bits per heavy atom. The molecule has 0 radical (unpaired) electrons. The Morgan fingerprint density at radius 3 is 2.33 bits per heavy atom. The Labute approximate surface area is 135 Å². The highest BCUT2D eigenvalue weighted by atomic mass is 79.9. The van der Waals surface area contributed by atoms with Crippen molar-refractivity contribution in [2.24, 2.45) is 5.41 Å². The number of halogens is 1. The van der Waals surface area contributed by atoms with Crippen LogP contribution in [-0.2, 0) is 10.0 Å². The molecular weight excluding hydrogens is 352 g/mol.